The first-order valence-corrected chi connectivity index (χ1v) is 7.50. The molecule has 2 aliphatic rings. The number of nitrogens with zero attached hydrogens (tertiary/aromatic N) is 1. The molecule has 0 aliphatic carbocycles. The lowest BCUT2D eigenvalue weighted by atomic mass is 10.1. The largest absolute Gasteiger partial charge is 0.378 e. The van der Waals surface area contributed by atoms with Gasteiger partial charge in [-0.1, -0.05) is 0 Å². The minimum absolute atomic E-state index is 0.264. The predicted molar refractivity (Wildman–Crippen MR) is 80.0 cm³/mol. The van der Waals surface area contributed by atoms with E-state index in [4.69, 9.17) is 4.74 Å². The van der Waals surface area contributed by atoms with E-state index in [9.17, 15) is 9.90 Å². The average molecular weight is 341 g/mol. The fourth-order valence-electron chi connectivity index (χ4n) is 2.74. The molecule has 2 heterocycles. The van der Waals surface area contributed by atoms with Gasteiger partial charge in [0.05, 0.1) is 11.8 Å². The van der Waals surface area contributed by atoms with E-state index in [1.807, 2.05) is 13.1 Å². The van der Waals surface area contributed by atoms with Gasteiger partial charge in [-0.05, 0) is 40.9 Å². The first kappa shape index (κ1) is 13.9. The van der Waals surface area contributed by atoms with Crippen LogP contribution in [-0.4, -0.2) is 37.3 Å². The summed E-state index contributed by atoms with van der Waals surface area (Å²) in [6.07, 6.45) is 1.40. The fourth-order valence-corrected chi connectivity index (χ4v) is 3.40. The number of hydrogen-bond acceptors (Lipinski definition) is 4. The SMILES string of the molecule is CN(CC1CCCO1)c1cc2c(cc1Br)C(O)C(=O)N2. The van der Waals surface area contributed by atoms with Crippen LogP contribution in [0.4, 0.5) is 11.4 Å². The third-order valence-electron chi connectivity index (χ3n) is 3.83. The molecule has 1 aromatic carbocycles. The molecule has 1 saturated heterocycles. The van der Waals surface area contributed by atoms with Crippen molar-refractivity contribution >= 4 is 33.2 Å². The van der Waals surface area contributed by atoms with Crippen molar-refractivity contribution in [3.8, 4) is 0 Å². The Morgan fingerprint density at radius 1 is 1.55 bits per heavy atom. The number of carbonyl (C=O) groups excluding carboxylic acids is 1. The Balaban J connectivity index is 1.83. The van der Waals surface area contributed by atoms with Crippen LogP contribution in [-0.2, 0) is 9.53 Å². The number of likely N-dealkylation sites (N-methyl/N-ethyl adjacent to an activating group) is 1. The molecule has 0 spiro atoms. The lowest BCUT2D eigenvalue weighted by Gasteiger charge is -2.24. The Labute approximate surface area is 126 Å². The lowest BCUT2D eigenvalue weighted by Crippen LogP contribution is -2.28. The van der Waals surface area contributed by atoms with Crippen LogP contribution in [0.3, 0.4) is 0 Å². The van der Waals surface area contributed by atoms with E-state index in [1.165, 1.54) is 0 Å². The molecule has 1 aromatic rings. The Morgan fingerprint density at radius 2 is 2.35 bits per heavy atom. The Morgan fingerprint density at radius 3 is 3.05 bits per heavy atom. The normalized spacial score (nSPS) is 24.6. The first-order chi connectivity index (χ1) is 9.56. The smallest absolute Gasteiger partial charge is 0.257 e. The highest BCUT2D eigenvalue weighted by molar-refractivity contribution is 9.10. The van der Waals surface area contributed by atoms with E-state index < -0.39 is 6.10 Å². The van der Waals surface area contributed by atoms with Gasteiger partial charge >= 0.3 is 0 Å². The van der Waals surface area contributed by atoms with Gasteiger partial charge in [0.15, 0.2) is 6.10 Å². The van der Waals surface area contributed by atoms with Crippen molar-refractivity contribution in [2.45, 2.75) is 25.0 Å². The molecule has 2 aliphatic heterocycles. The standard InChI is InChI=1S/C14H17BrN2O3/c1-17(7-8-3-2-4-20-8)12-6-11-9(5-10(12)15)13(18)14(19)16-11/h5-6,8,13,18H,2-4,7H2,1H3,(H,16,19). The van der Waals surface area contributed by atoms with Crippen LogP contribution in [0.15, 0.2) is 16.6 Å². The van der Waals surface area contributed by atoms with Crippen LogP contribution in [0.25, 0.3) is 0 Å². The number of benzene rings is 1. The van der Waals surface area contributed by atoms with Gasteiger partial charge in [0, 0.05) is 35.9 Å². The highest BCUT2D eigenvalue weighted by Gasteiger charge is 2.30. The number of ether oxygens (including phenoxy) is 1. The van der Waals surface area contributed by atoms with Gasteiger partial charge < -0.3 is 20.1 Å². The second kappa shape index (κ2) is 5.35. The van der Waals surface area contributed by atoms with Gasteiger partial charge in [-0.3, -0.25) is 4.79 Å². The van der Waals surface area contributed by atoms with Crippen LogP contribution < -0.4 is 10.2 Å². The van der Waals surface area contributed by atoms with E-state index in [-0.39, 0.29) is 12.0 Å². The second-order valence-electron chi connectivity index (χ2n) is 5.30. The van der Waals surface area contributed by atoms with Crippen molar-refractivity contribution < 1.29 is 14.6 Å². The quantitative estimate of drug-likeness (QED) is 0.883. The molecule has 0 bridgehead atoms. The third-order valence-corrected chi connectivity index (χ3v) is 4.47. The summed E-state index contributed by atoms with van der Waals surface area (Å²) in [5.74, 6) is -0.370. The predicted octanol–water partition coefficient (Wildman–Crippen LogP) is 2.05. The van der Waals surface area contributed by atoms with E-state index >= 15 is 0 Å². The molecular weight excluding hydrogens is 324 g/mol. The zero-order chi connectivity index (χ0) is 14.3. The minimum atomic E-state index is -1.07. The zero-order valence-electron chi connectivity index (χ0n) is 11.2. The summed E-state index contributed by atoms with van der Waals surface area (Å²) >= 11 is 3.51. The average Bonchev–Trinajstić information content (AvgIpc) is 3.00. The molecule has 0 saturated carbocycles. The number of aliphatic hydroxyl groups excluding tert-OH is 1. The van der Waals surface area contributed by atoms with E-state index in [0.717, 1.165) is 36.2 Å². The maximum absolute atomic E-state index is 11.5. The molecule has 2 N–H and O–H groups in total. The number of amides is 1. The molecular formula is C14H17BrN2O3. The summed E-state index contributed by atoms with van der Waals surface area (Å²) in [5.41, 5.74) is 2.28. The molecule has 2 unspecified atom stereocenters. The number of anilines is 2. The summed E-state index contributed by atoms with van der Waals surface area (Å²) in [6, 6.07) is 3.70. The number of rotatable bonds is 3. The van der Waals surface area contributed by atoms with Gasteiger partial charge in [0.1, 0.15) is 0 Å². The number of carbonyl (C=O) groups is 1. The van der Waals surface area contributed by atoms with Crippen molar-refractivity contribution in [1.29, 1.82) is 0 Å². The van der Waals surface area contributed by atoms with E-state index in [0.29, 0.717) is 11.3 Å². The van der Waals surface area contributed by atoms with Crippen LogP contribution >= 0.6 is 15.9 Å². The summed E-state index contributed by atoms with van der Waals surface area (Å²) in [7, 11) is 2.00. The van der Waals surface area contributed by atoms with Gasteiger partial charge in [0.25, 0.3) is 5.91 Å². The number of hydrogen-bond donors (Lipinski definition) is 2. The van der Waals surface area contributed by atoms with Crippen molar-refractivity contribution in [2.75, 3.05) is 30.4 Å². The van der Waals surface area contributed by atoms with Crippen LogP contribution in [0.1, 0.15) is 24.5 Å². The summed E-state index contributed by atoms with van der Waals surface area (Å²) in [5, 5.41) is 12.5. The monoisotopic (exact) mass is 340 g/mol. The summed E-state index contributed by atoms with van der Waals surface area (Å²) < 4.78 is 6.51. The molecule has 0 aromatic heterocycles. The number of fused-ring (bicyclic) bond motifs is 1. The van der Waals surface area contributed by atoms with Gasteiger partial charge in [0.2, 0.25) is 0 Å². The lowest BCUT2D eigenvalue weighted by molar-refractivity contribution is -0.123. The molecule has 20 heavy (non-hydrogen) atoms. The second-order valence-corrected chi connectivity index (χ2v) is 6.15. The van der Waals surface area contributed by atoms with Crippen LogP contribution in [0, 0.1) is 0 Å². The Kier molecular flexibility index (Phi) is 3.70. The Hall–Kier alpha value is -1.11. The number of halogens is 1. The fraction of sp³-hybridized carbons (Fsp3) is 0.500. The van der Waals surface area contributed by atoms with Crippen molar-refractivity contribution in [1.82, 2.24) is 0 Å². The molecule has 1 amide bonds. The molecule has 2 atom stereocenters. The van der Waals surface area contributed by atoms with Gasteiger partial charge in [-0.25, -0.2) is 0 Å². The zero-order valence-corrected chi connectivity index (χ0v) is 12.8. The minimum Gasteiger partial charge on any atom is -0.378 e. The highest BCUT2D eigenvalue weighted by Crippen LogP contribution is 2.38. The molecule has 5 nitrogen and oxygen atoms in total. The summed E-state index contributed by atoms with van der Waals surface area (Å²) in [4.78, 5) is 13.6. The van der Waals surface area contributed by atoms with Gasteiger partial charge in [-0.15, -0.1) is 0 Å². The maximum Gasteiger partial charge on any atom is 0.257 e. The van der Waals surface area contributed by atoms with E-state index in [1.54, 1.807) is 6.07 Å². The number of aliphatic hydroxyl groups is 1. The third kappa shape index (κ3) is 2.43. The van der Waals surface area contributed by atoms with Crippen molar-refractivity contribution in [3.05, 3.63) is 22.2 Å². The van der Waals surface area contributed by atoms with Gasteiger partial charge in [-0.2, -0.15) is 0 Å². The molecule has 0 radical (unpaired) electrons. The topological polar surface area (TPSA) is 61.8 Å². The van der Waals surface area contributed by atoms with Crippen LogP contribution in [0.2, 0.25) is 0 Å². The first-order valence-electron chi connectivity index (χ1n) is 6.71. The molecule has 3 rings (SSSR count). The van der Waals surface area contributed by atoms with E-state index in [2.05, 4.69) is 26.1 Å². The molecule has 6 heteroatoms. The van der Waals surface area contributed by atoms with Crippen molar-refractivity contribution in [3.63, 3.8) is 0 Å². The maximum atomic E-state index is 11.5. The van der Waals surface area contributed by atoms with Crippen LogP contribution in [0.5, 0.6) is 0 Å². The molecule has 1 fully saturated rings. The summed E-state index contributed by atoms with van der Waals surface area (Å²) in [6.45, 7) is 1.65. The highest BCUT2D eigenvalue weighted by atomic mass is 79.9. The molecule has 108 valence electrons. The van der Waals surface area contributed by atoms with Crippen molar-refractivity contribution in [2.24, 2.45) is 0 Å². The Bertz CT molecular complexity index is 543. The number of nitrogens with one attached hydrogen (secondary N) is 1.